The molecule has 0 spiro atoms. The minimum absolute atomic E-state index is 0.0703. The third-order valence-corrected chi connectivity index (χ3v) is 6.89. The van der Waals surface area contributed by atoms with Crippen LogP contribution in [-0.4, -0.2) is 53.1 Å². The molecule has 3 rings (SSSR count). The monoisotopic (exact) mass is 665 g/mol. The van der Waals surface area contributed by atoms with Crippen molar-refractivity contribution in [1.29, 1.82) is 0 Å². The number of hydrogen-bond acceptors (Lipinski definition) is 7. The Morgan fingerprint density at radius 3 is 1.37 bits per heavy atom. The lowest BCUT2D eigenvalue weighted by Gasteiger charge is -2.19. The van der Waals surface area contributed by atoms with Gasteiger partial charge < -0.3 is 10.6 Å². The molecule has 2 aromatic carbocycles. The van der Waals surface area contributed by atoms with E-state index in [-0.39, 0.29) is 23.2 Å². The van der Waals surface area contributed by atoms with Crippen molar-refractivity contribution in [3.8, 4) is 0 Å². The Morgan fingerprint density at radius 2 is 1.02 bits per heavy atom. The molecule has 242 valence electrons. The molecule has 0 bridgehead atoms. The maximum Gasteiger partial charge on any atom is 0.270 e. The Labute approximate surface area is 278 Å². The first-order chi connectivity index (χ1) is 21.9. The Hall–Kier alpha value is -4.61. The Kier molecular flexibility index (Phi) is 13.9. The van der Waals surface area contributed by atoms with Gasteiger partial charge in [-0.3, -0.25) is 19.2 Å². The molecule has 0 saturated carbocycles. The summed E-state index contributed by atoms with van der Waals surface area (Å²) in [4.78, 5) is 56.3. The lowest BCUT2D eigenvalue weighted by Crippen LogP contribution is -2.47. The molecule has 46 heavy (non-hydrogen) atoms. The van der Waals surface area contributed by atoms with Gasteiger partial charge in [0.1, 0.15) is 23.5 Å². The van der Waals surface area contributed by atoms with Gasteiger partial charge in [0, 0.05) is 10.0 Å². The minimum Gasteiger partial charge on any atom is -0.339 e. The van der Waals surface area contributed by atoms with Gasteiger partial charge in [0.15, 0.2) is 0 Å². The van der Waals surface area contributed by atoms with Crippen molar-refractivity contribution >= 4 is 59.3 Å². The number of hydrazone groups is 2. The van der Waals surface area contributed by atoms with Gasteiger partial charge in [-0.15, -0.1) is 0 Å². The van der Waals surface area contributed by atoms with Crippen molar-refractivity contribution in [2.75, 3.05) is 0 Å². The molecule has 0 aliphatic rings. The topological polar surface area (TPSA) is 154 Å². The molecule has 2 atom stereocenters. The standard InChI is InChI=1S/C33H37Cl2N7O4/c1-20(2)16-28(32(45)41-36-18-22-8-12-24(34)13-9-22)39-30(43)26-6-5-7-27(38-26)31(44)40-29(17-21(3)4)33(46)42-37-19-23-10-14-25(35)15-11-23/h5-15,18-21,28-29H,16-17H2,1-4H3,(H,39,43)(H,40,44)(H,41,45)(H,42,46)/b36-18+,37-19+/t28-,29-/m0/s1. The zero-order chi connectivity index (χ0) is 33.6. The summed E-state index contributed by atoms with van der Waals surface area (Å²) in [5.41, 5.74) is 6.22. The average Bonchev–Trinajstić information content (AvgIpc) is 3.01. The van der Waals surface area contributed by atoms with E-state index >= 15 is 0 Å². The molecule has 3 aromatic rings. The van der Waals surface area contributed by atoms with E-state index in [1.165, 1.54) is 30.6 Å². The summed E-state index contributed by atoms with van der Waals surface area (Å²) in [6.07, 6.45) is 3.59. The number of halogens is 2. The number of carbonyl (C=O) groups is 4. The first-order valence-corrected chi connectivity index (χ1v) is 15.4. The van der Waals surface area contributed by atoms with E-state index in [2.05, 4.69) is 36.7 Å². The molecule has 0 radical (unpaired) electrons. The number of pyridine rings is 1. The van der Waals surface area contributed by atoms with Crippen molar-refractivity contribution < 1.29 is 19.2 Å². The van der Waals surface area contributed by atoms with Gasteiger partial charge >= 0.3 is 0 Å². The number of nitrogens with one attached hydrogen (secondary N) is 4. The van der Waals surface area contributed by atoms with E-state index in [4.69, 9.17) is 23.2 Å². The number of aromatic nitrogens is 1. The van der Waals surface area contributed by atoms with Crippen molar-refractivity contribution in [2.45, 2.75) is 52.6 Å². The summed E-state index contributed by atoms with van der Waals surface area (Å²) < 4.78 is 0. The van der Waals surface area contributed by atoms with Crippen molar-refractivity contribution in [3.05, 3.63) is 99.3 Å². The van der Waals surface area contributed by atoms with E-state index in [9.17, 15) is 19.2 Å². The number of benzene rings is 2. The molecule has 4 amide bonds. The van der Waals surface area contributed by atoms with Crippen LogP contribution in [0.4, 0.5) is 0 Å². The van der Waals surface area contributed by atoms with E-state index in [0.29, 0.717) is 22.9 Å². The zero-order valence-electron chi connectivity index (χ0n) is 26.0. The molecule has 0 saturated heterocycles. The minimum atomic E-state index is -0.915. The van der Waals surface area contributed by atoms with Gasteiger partial charge in [-0.05, 0) is 72.2 Å². The molecule has 1 heterocycles. The molecular weight excluding hydrogens is 629 g/mol. The third-order valence-electron chi connectivity index (χ3n) is 6.39. The summed E-state index contributed by atoms with van der Waals surface area (Å²) in [5, 5.41) is 14.5. The molecule has 0 aliphatic carbocycles. The summed E-state index contributed by atoms with van der Waals surface area (Å²) in [6, 6.07) is 16.3. The van der Waals surface area contributed by atoms with Crippen LogP contribution < -0.4 is 21.5 Å². The van der Waals surface area contributed by atoms with Gasteiger partial charge in [-0.25, -0.2) is 15.8 Å². The number of rotatable bonds is 14. The molecule has 0 unspecified atom stereocenters. The van der Waals surface area contributed by atoms with Crippen LogP contribution in [0.3, 0.4) is 0 Å². The average molecular weight is 667 g/mol. The highest BCUT2D eigenvalue weighted by atomic mass is 35.5. The smallest absolute Gasteiger partial charge is 0.270 e. The van der Waals surface area contributed by atoms with E-state index in [1.54, 1.807) is 48.5 Å². The van der Waals surface area contributed by atoms with Crippen LogP contribution in [0.25, 0.3) is 0 Å². The second-order valence-corrected chi connectivity index (χ2v) is 12.2. The van der Waals surface area contributed by atoms with Crippen molar-refractivity contribution in [2.24, 2.45) is 22.0 Å². The first-order valence-electron chi connectivity index (χ1n) is 14.7. The second-order valence-electron chi connectivity index (χ2n) is 11.3. The maximum atomic E-state index is 13.1. The fourth-order valence-corrected chi connectivity index (χ4v) is 4.40. The second kappa shape index (κ2) is 17.8. The van der Waals surface area contributed by atoms with Crippen LogP contribution >= 0.6 is 23.2 Å². The van der Waals surface area contributed by atoms with Crippen LogP contribution in [0.1, 0.15) is 72.6 Å². The molecule has 13 heteroatoms. The first kappa shape index (κ1) is 35.9. The van der Waals surface area contributed by atoms with Crippen LogP contribution in [0.15, 0.2) is 76.9 Å². The molecule has 11 nitrogen and oxygen atoms in total. The van der Waals surface area contributed by atoms with Crippen molar-refractivity contribution in [3.63, 3.8) is 0 Å². The highest BCUT2D eigenvalue weighted by Gasteiger charge is 2.25. The lowest BCUT2D eigenvalue weighted by molar-refractivity contribution is -0.124. The Balaban J connectivity index is 1.66. The highest BCUT2D eigenvalue weighted by Crippen LogP contribution is 2.11. The lowest BCUT2D eigenvalue weighted by atomic mass is 10.0. The normalized spacial score (nSPS) is 12.7. The van der Waals surface area contributed by atoms with E-state index in [1.807, 2.05) is 27.7 Å². The largest absolute Gasteiger partial charge is 0.339 e. The van der Waals surface area contributed by atoms with Crippen LogP contribution in [0.2, 0.25) is 10.0 Å². The molecule has 4 N–H and O–H groups in total. The predicted octanol–water partition coefficient (Wildman–Crippen LogP) is 4.98. The zero-order valence-corrected chi connectivity index (χ0v) is 27.5. The maximum absolute atomic E-state index is 13.1. The van der Waals surface area contributed by atoms with Crippen LogP contribution in [-0.2, 0) is 9.59 Å². The summed E-state index contributed by atoms with van der Waals surface area (Å²) in [7, 11) is 0. The third kappa shape index (κ3) is 12.1. The Bertz CT molecular complexity index is 1450. The van der Waals surface area contributed by atoms with Crippen molar-refractivity contribution in [1.82, 2.24) is 26.5 Å². The number of nitrogens with zero attached hydrogens (tertiary/aromatic N) is 3. The van der Waals surface area contributed by atoms with Crippen LogP contribution in [0, 0.1) is 11.8 Å². The van der Waals surface area contributed by atoms with Gasteiger partial charge in [0.05, 0.1) is 12.4 Å². The molecule has 0 aliphatic heterocycles. The fourth-order valence-electron chi connectivity index (χ4n) is 4.15. The highest BCUT2D eigenvalue weighted by molar-refractivity contribution is 6.30. The van der Waals surface area contributed by atoms with Gasteiger partial charge in [0.2, 0.25) is 0 Å². The molecule has 0 fully saturated rings. The van der Waals surface area contributed by atoms with E-state index < -0.39 is 35.7 Å². The van der Waals surface area contributed by atoms with Gasteiger partial charge in [-0.1, -0.05) is 81.2 Å². The SMILES string of the molecule is CC(C)C[C@H](NC(=O)c1cccc(C(=O)N[C@@H](CC(C)C)C(=O)N/N=C/c2ccc(Cl)cc2)n1)C(=O)N/N=C/c1ccc(Cl)cc1. The molecule has 1 aromatic heterocycles. The summed E-state index contributed by atoms with van der Waals surface area (Å²) >= 11 is 11.8. The number of amides is 4. The fraction of sp³-hybridized carbons (Fsp3) is 0.303. The quantitative estimate of drug-likeness (QED) is 0.141. The van der Waals surface area contributed by atoms with Gasteiger partial charge in [-0.2, -0.15) is 10.2 Å². The Morgan fingerprint density at radius 1 is 0.652 bits per heavy atom. The number of carbonyl (C=O) groups excluding carboxylic acids is 4. The van der Waals surface area contributed by atoms with Crippen LogP contribution in [0.5, 0.6) is 0 Å². The molecular formula is C33H37Cl2N7O4. The number of hydrogen-bond donors (Lipinski definition) is 4. The van der Waals surface area contributed by atoms with E-state index in [0.717, 1.165) is 11.1 Å². The summed E-state index contributed by atoms with van der Waals surface area (Å²) in [5.74, 6) is -2.18. The predicted molar refractivity (Wildman–Crippen MR) is 180 cm³/mol. The summed E-state index contributed by atoms with van der Waals surface area (Å²) in [6.45, 7) is 7.66. The van der Waals surface area contributed by atoms with Gasteiger partial charge in [0.25, 0.3) is 23.6 Å².